The molecule has 0 spiro atoms. The predicted octanol–water partition coefficient (Wildman–Crippen LogP) is 1.65. The van der Waals surface area contributed by atoms with Gasteiger partial charge < -0.3 is 15.1 Å². The van der Waals surface area contributed by atoms with Crippen LogP contribution >= 0.6 is 0 Å². The average molecular weight is 253 g/mol. The van der Waals surface area contributed by atoms with Gasteiger partial charge in [-0.05, 0) is 70.4 Å². The number of rotatable bonds is 5. The summed E-state index contributed by atoms with van der Waals surface area (Å²) in [6.07, 6.45) is 4.14. The number of piperidine rings is 1. The Labute approximate surface area is 113 Å². The summed E-state index contributed by atoms with van der Waals surface area (Å²) in [4.78, 5) is 5.19. The topological polar surface area (TPSA) is 18.5 Å². The van der Waals surface area contributed by atoms with E-state index in [2.05, 4.69) is 36.0 Å². The van der Waals surface area contributed by atoms with Crippen LogP contribution in [0.25, 0.3) is 0 Å². The highest BCUT2D eigenvalue weighted by Gasteiger charge is 2.33. The molecule has 0 saturated carbocycles. The van der Waals surface area contributed by atoms with Crippen LogP contribution in [0.4, 0.5) is 0 Å². The highest BCUT2D eigenvalue weighted by atomic mass is 15.2. The third kappa shape index (κ3) is 3.94. The van der Waals surface area contributed by atoms with Crippen LogP contribution < -0.4 is 5.32 Å². The summed E-state index contributed by atoms with van der Waals surface area (Å²) >= 11 is 0. The first-order valence-electron chi connectivity index (χ1n) is 7.73. The molecule has 2 saturated heterocycles. The third-order valence-corrected chi connectivity index (χ3v) is 4.85. The van der Waals surface area contributed by atoms with Crippen molar-refractivity contribution >= 4 is 0 Å². The third-order valence-electron chi connectivity index (χ3n) is 4.85. The van der Waals surface area contributed by atoms with Gasteiger partial charge in [-0.3, -0.25) is 0 Å². The Kier molecular flexibility index (Phi) is 5.05. The second-order valence-electron chi connectivity index (χ2n) is 6.81. The van der Waals surface area contributed by atoms with E-state index in [-0.39, 0.29) is 0 Å². The van der Waals surface area contributed by atoms with Gasteiger partial charge in [0.2, 0.25) is 0 Å². The molecule has 2 aliphatic heterocycles. The Morgan fingerprint density at radius 1 is 1.22 bits per heavy atom. The molecule has 1 atom stereocenters. The number of hydrogen-bond donors (Lipinski definition) is 1. The number of nitrogens with zero attached hydrogens (tertiary/aromatic N) is 2. The van der Waals surface area contributed by atoms with E-state index in [9.17, 15) is 0 Å². The number of hydrogen-bond acceptors (Lipinski definition) is 3. The zero-order valence-corrected chi connectivity index (χ0v) is 12.5. The average Bonchev–Trinajstić information content (AvgIpc) is 2.78. The van der Waals surface area contributed by atoms with Crippen molar-refractivity contribution in [1.29, 1.82) is 0 Å². The Balaban J connectivity index is 1.73. The van der Waals surface area contributed by atoms with Crippen LogP contribution in [0.1, 0.15) is 33.1 Å². The second kappa shape index (κ2) is 6.36. The first-order chi connectivity index (χ1) is 8.61. The SMILES string of the molecule is CCNCC1CCN(CC2(C)CCN(C)CC2)C1. The summed E-state index contributed by atoms with van der Waals surface area (Å²) in [6, 6.07) is 0. The first-order valence-corrected chi connectivity index (χ1v) is 7.73. The Bertz CT molecular complexity index is 246. The Morgan fingerprint density at radius 3 is 2.61 bits per heavy atom. The predicted molar refractivity (Wildman–Crippen MR) is 77.9 cm³/mol. The van der Waals surface area contributed by atoms with Crippen LogP contribution in [0.5, 0.6) is 0 Å². The van der Waals surface area contributed by atoms with Gasteiger partial charge in [-0.25, -0.2) is 0 Å². The van der Waals surface area contributed by atoms with E-state index >= 15 is 0 Å². The molecule has 2 rings (SSSR count). The molecule has 0 bridgehead atoms. The summed E-state index contributed by atoms with van der Waals surface area (Å²) in [5.74, 6) is 0.889. The molecule has 0 amide bonds. The number of likely N-dealkylation sites (tertiary alicyclic amines) is 2. The molecular weight excluding hydrogens is 222 g/mol. The van der Waals surface area contributed by atoms with Crippen molar-refractivity contribution < 1.29 is 0 Å². The van der Waals surface area contributed by atoms with Gasteiger partial charge in [-0.2, -0.15) is 0 Å². The summed E-state index contributed by atoms with van der Waals surface area (Å²) in [5, 5.41) is 3.50. The Morgan fingerprint density at radius 2 is 1.94 bits per heavy atom. The Hall–Kier alpha value is -0.120. The zero-order valence-electron chi connectivity index (χ0n) is 12.5. The van der Waals surface area contributed by atoms with E-state index in [0.29, 0.717) is 5.41 Å². The molecule has 3 heteroatoms. The zero-order chi connectivity index (χ0) is 13.0. The second-order valence-corrected chi connectivity index (χ2v) is 6.81. The largest absolute Gasteiger partial charge is 0.317 e. The highest BCUT2D eigenvalue weighted by molar-refractivity contribution is 4.87. The van der Waals surface area contributed by atoms with Crippen molar-refractivity contribution in [3.8, 4) is 0 Å². The van der Waals surface area contributed by atoms with Crippen LogP contribution in [-0.4, -0.2) is 62.7 Å². The lowest BCUT2D eigenvalue weighted by Gasteiger charge is -2.40. The van der Waals surface area contributed by atoms with E-state index < -0.39 is 0 Å². The summed E-state index contributed by atoms with van der Waals surface area (Å²) in [5.41, 5.74) is 0.569. The molecule has 2 aliphatic rings. The van der Waals surface area contributed by atoms with E-state index in [4.69, 9.17) is 0 Å². The van der Waals surface area contributed by atoms with Crippen LogP contribution in [0.3, 0.4) is 0 Å². The molecular formula is C15H31N3. The molecule has 0 aromatic heterocycles. The van der Waals surface area contributed by atoms with Crippen molar-refractivity contribution in [3.63, 3.8) is 0 Å². The quantitative estimate of drug-likeness (QED) is 0.804. The molecule has 1 N–H and O–H groups in total. The van der Waals surface area contributed by atoms with E-state index in [1.807, 2.05) is 0 Å². The number of nitrogens with one attached hydrogen (secondary N) is 1. The van der Waals surface area contributed by atoms with Crippen LogP contribution in [0.2, 0.25) is 0 Å². The lowest BCUT2D eigenvalue weighted by molar-refractivity contribution is 0.0954. The molecule has 2 fully saturated rings. The van der Waals surface area contributed by atoms with Gasteiger partial charge in [-0.1, -0.05) is 13.8 Å². The maximum atomic E-state index is 3.50. The van der Waals surface area contributed by atoms with Gasteiger partial charge in [0.25, 0.3) is 0 Å². The van der Waals surface area contributed by atoms with Crippen molar-refractivity contribution in [2.24, 2.45) is 11.3 Å². The standard InChI is InChI=1S/C15H31N3/c1-4-16-11-14-5-8-18(12-14)13-15(2)6-9-17(3)10-7-15/h14,16H,4-13H2,1-3H3. The van der Waals surface area contributed by atoms with Gasteiger partial charge in [0, 0.05) is 13.1 Å². The van der Waals surface area contributed by atoms with E-state index in [1.165, 1.54) is 58.5 Å². The molecule has 0 aromatic carbocycles. The van der Waals surface area contributed by atoms with Crippen molar-refractivity contribution in [1.82, 2.24) is 15.1 Å². The maximum Gasteiger partial charge on any atom is 0.00364 e. The van der Waals surface area contributed by atoms with Gasteiger partial charge in [0.15, 0.2) is 0 Å². The molecule has 106 valence electrons. The fourth-order valence-corrected chi connectivity index (χ4v) is 3.43. The van der Waals surface area contributed by atoms with Gasteiger partial charge >= 0.3 is 0 Å². The van der Waals surface area contributed by atoms with Gasteiger partial charge in [0.05, 0.1) is 0 Å². The van der Waals surface area contributed by atoms with Crippen molar-refractivity contribution in [3.05, 3.63) is 0 Å². The van der Waals surface area contributed by atoms with Crippen LogP contribution in [-0.2, 0) is 0 Å². The minimum absolute atomic E-state index is 0.569. The van der Waals surface area contributed by atoms with E-state index in [1.54, 1.807) is 0 Å². The molecule has 3 nitrogen and oxygen atoms in total. The maximum absolute atomic E-state index is 3.50. The fraction of sp³-hybridized carbons (Fsp3) is 1.00. The van der Waals surface area contributed by atoms with E-state index in [0.717, 1.165) is 12.5 Å². The lowest BCUT2D eigenvalue weighted by atomic mass is 9.80. The van der Waals surface area contributed by atoms with Crippen molar-refractivity contribution in [2.45, 2.75) is 33.1 Å². The molecule has 2 heterocycles. The molecule has 0 aliphatic carbocycles. The summed E-state index contributed by atoms with van der Waals surface area (Å²) in [6.45, 7) is 13.6. The van der Waals surface area contributed by atoms with Gasteiger partial charge in [0.1, 0.15) is 0 Å². The minimum atomic E-state index is 0.569. The molecule has 0 radical (unpaired) electrons. The fourth-order valence-electron chi connectivity index (χ4n) is 3.43. The van der Waals surface area contributed by atoms with Crippen LogP contribution in [0.15, 0.2) is 0 Å². The monoisotopic (exact) mass is 253 g/mol. The lowest BCUT2D eigenvalue weighted by Crippen LogP contribution is -2.43. The molecule has 18 heavy (non-hydrogen) atoms. The summed E-state index contributed by atoms with van der Waals surface area (Å²) in [7, 11) is 2.25. The smallest absolute Gasteiger partial charge is 0.00364 e. The first kappa shape index (κ1) is 14.3. The molecule has 0 aromatic rings. The molecule has 1 unspecified atom stereocenters. The summed E-state index contributed by atoms with van der Waals surface area (Å²) < 4.78 is 0. The van der Waals surface area contributed by atoms with Crippen molar-refractivity contribution in [2.75, 3.05) is 52.9 Å². The normalized spacial score (nSPS) is 29.8. The highest BCUT2D eigenvalue weighted by Crippen LogP contribution is 2.32. The van der Waals surface area contributed by atoms with Crippen LogP contribution in [0, 0.1) is 11.3 Å². The minimum Gasteiger partial charge on any atom is -0.317 e. The van der Waals surface area contributed by atoms with Gasteiger partial charge in [-0.15, -0.1) is 0 Å².